The van der Waals surface area contributed by atoms with Crippen molar-refractivity contribution < 1.29 is 9.84 Å². The highest BCUT2D eigenvalue weighted by Crippen LogP contribution is 2.20. The summed E-state index contributed by atoms with van der Waals surface area (Å²) in [5, 5.41) is 10.6. The minimum atomic E-state index is -0.734. The monoisotopic (exact) mass is 228 g/mol. The van der Waals surface area contributed by atoms with Crippen LogP contribution in [0.3, 0.4) is 0 Å². The minimum absolute atomic E-state index is 0.306. The summed E-state index contributed by atoms with van der Waals surface area (Å²) >= 11 is 5.82. The van der Waals surface area contributed by atoms with Crippen molar-refractivity contribution in [2.24, 2.45) is 0 Å². The number of benzene rings is 1. The summed E-state index contributed by atoms with van der Waals surface area (Å²) in [6, 6.07) is 7.19. The maximum absolute atomic E-state index is 10.0. The number of ether oxygens (including phenoxy) is 1. The average Bonchev–Trinajstić information content (AvgIpc) is 2.26. The molecule has 0 fully saturated rings. The molecule has 0 saturated heterocycles. The number of rotatable bonds is 5. The van der Waals surface area contributed by atoms with E-state index in [1.54, 1.807) is 12.1 Å². The van der Waals surface area contributed by atoms with Crippen molar-refractivity contribution in [3.8, 4) is 5.75 Å². The van der Waals surface area contributed by atoms with Crippen molar-refractivity contribution in [1.29, 1.82) is 0 Å². The van der Waals surface area contributed by atoms with Gasteiger partial charge in [0.05, 0.1) is 5.60 Å². The zero-order chi connectivity index (χ0) is 11.3. The van der Waals surface area contributed by atoms with Crippen LogP contribution in [0.1, 0.15) is 26.7 Å². The molecule has 0 atom stereocenters. The van der Waals surface area contributed by atoms with E-state index in [0.717, 1.165) is 0 Å². The topological polar surface area (TPSA) is 29.5 Å². The summed E-state index contributed by atoms with van der Waals surface area (Å²) in [7, 11) is 0. The molecule has 84 valence electrons. The van der Waals surface area contributed by atoms with Crippen molar-refractivity contribution in [2.45, 2.75) is 32.3 Å². The van der Waals surface area contributed by atoms with Gasteiger partial charge in [0.25, 0.3) is 0 Å². The van der Waals surface area contributed by atoms with Gasteiger partial charge >= 0.3 is 0 Å². The smallest absolute Gasteiger partial charge is 0.120 e. The van der Waals surface area contributed by atoms with Crippen LogP contribution in [0.5, 0.6) is 5.75 Å². The number of halogens is 1. The Balaban J connectivity index is 2.56. The Labute approximate surface area is 95.8 Å². The van der Waals surface area contributed by atoms with E-state index >= 15 is 0 Å². The van der Waals surface area contributed by atoms with Crippen LogP contribution in [0.2, 0.25) is 5.02 Å². The Morgan fingerprint density at radius 2 is 2.00 bits per heavy atom. The lowest BCUT2D eigenvalue weighted by atomic mass is 9.99. The molecule has 0 aliphatic heterocycles. The molecule has 1 N–H and O–H groups in total. The lowest BCUT2D eigenvalue weighted by molar-refractivity contribution is -0.0113. The highest BCUT2D eigenvalue weighted by molar-refractivity contribution is 6.30. The molecule has 0 spiro atoms. The highest BCUT2D eigenvalue weighted by Gasteiger charge is 2.22. The Hall–Kier alpha value is -0.730. The van der Waals surface area contributed by atoms with Gasteiger partial charge in [-0.15, -0.1) is 0 Å². The van der Waals surface area contributed by atoms with Gasteiger partial charge in [-0.3, -0.25) is 0 Å². The molecule has 0 bridgehead atoms. The molecule has 0 aliphatic carbocycles. The highest BCUT2D eigenvalue weighted by atomic mass is 35.5. The second-order valence-electron chi connectivity index (χ2n) is 3.68. The van der Waals surface area contributed by atoms with Gasteiger partial charge in [0.2, 0.25) is 0 Å². The van der Waals surface area contributed by atoms with Crippen LogP contribution in [0.4, 0.5) is 0 Å². The fraction of sp³-hybridized carbons (Fsp3) is 0.500. The number of aliphatic hydroxyl groups is 1. The molecule has 0 unspecified atom stereocenters. The molecule has 0 aromatic heterocycles. The molecule has 1 rings (SSSR count). The van der Waals surface area contributed by atoms with Crippen LogP contribution < -0.4 is 4.74 Å². The summed E-state index contributed by atoms with van der Waals surface area (Å²) in [5.74, 6) is 0.697. The Morgan fingerprint density at radius 3 is 2.53 bits per heavy atom. The van der Waals surface area contributed by atoms with Gasteiger partial charge in [0.15, 0.2) is 0 Å². The maximum atomic E-state index is 10.0. The van der Waals surface area contributed by atoms with Gasteiger partial charge in [0.1, 0.15) is 12.4 Å². The first-order valence-electron chi connectivity index (χ1n) is 5.20. The van der Waals surface area contributed by atoms with E-state index in [1.165, 1.54) is 0 Å². The van der Waals surface area contributed by atoms with Crippen LogP contribution >= 0.6 is 11.6 Å². The predicted octanol–water partition coefficient (Wildman–Crippen LogP) is 3.27. The summed E-state index contributed by atoms with van der Waals surface area (Å²) in [5.41, 5.74) is -0.734. The standard InChI is InChI=1S/C12H17ClO2/c1-3-12(14,4-2)9-15-11-7-5-6-10(13)8-11/h5-8,14H,3-4,9H2,1-2H3. The summed E-state index contributed by atoms with van der Waals surface area (Å²) in [4.78, 5) is 0. The van der Waals surface area contributed by atoms with Gasteiger partial charge in [0, 0.05) is 5.02 Å². The molecule has 0 aliphatic rings. The molecular formula is C12H17ClO2. The van der Waals surface area contributed by atoms with Gasteiger partial charge in [-0.05, 0) is 31.0 Å². The summed E-state index contributed by atoms with van der Waals surface area (Å²) in [6.07, 6.45) is 1.37. The number of hydrogen-bond donors (Lipinski definition) is 1. The lowest BCUT2D eigenvalue weighted by Crippen LogP contribution is -2.34. The quantitative estimate of drug-likeness (QED) is 0.838. The van der Waals surface area contributed by atoms with E-state index in [9.17, 15) is 5.11 Å². The van der Waals surface area contributed by atoms with Crippen molar-refractivity contribution in [3.63, 3.8) is 0 Å². The van der Waals surface area contributed by atoms with E-state index in [1.807, 2.05) is 26.0 Å². The first-order chi connectivity index (χ1) is 7.09. The van der Waals surface area contributed by atoms with E-state index in [0.29, 0.717) is 30.2 Å². The zero-order valence-corrected chi connectivity index (χ0v) is 9.92. The van der Waals surface area contributed by atoms with E-state index in [2.05, 4.69) is 0 Å². The Bertz CT molecular complexity index is 308. The molecule has 0 saturated carbocycles. The molecule has 1 aromatic carbocycles. The van der Waals surface area contributed by atoms with Gasteiger partial charge < -0.3 is 9.84 Å². The van der Waals surface area contributed by atoms with Crippen molar-refractivity contribution in [2.75, 3.05) is 6.61 Å². The van der Waals surface area contributed by atoms with E-state index in [-0.39, 0.29) is 0 Å². The van der Waals surface area contributed by atoms with Crippen molar-refractivity contribution in [1.82, 2.24) is 0 Å². The third-order valence-corrected chi connectivity index (χ3v) is 2.85. The van der Waals surface area contributed by atoms with Gasteiger partial charge in [-0.1, -0.05) is 31.5 Å². The summed E-state index contributed by atoms with van der Waals surface area (Å²) < 4.78 is 5.50. The Kier molecular flexibility index (Phi) is 4.43. The lowest BCUT2D eigenvalue weighted by Gasteiger charge is -2.25. The normalized spacial score (nSPS) is 11.5. The molecule has 3 heteroatoms. The molecule has 0 amide bonds. The van der Waals surface area contributed by atoms with Crippen molar-refractivity contribution in [3.05, 3.63) is 29.3 Å². The largest absolute Gasteiger partial charge is 0.491 e. The molecule has 0 radical (unpaired) electrons. The third kappa shape index (κ3) is 3.73. The Morgan fingerprint density at radius 1 is 1.33 bits per heavy atom. The van der Waals surface area contributed by atoms with Crippen LogP contribution in [-0.2, 0) is 0 Å². The molecule has 1 aromatic rings. The van der Waals surface area contributed by atoms with Crippen LogP contribution in [0, 0.1) is 0 Å². The molecule has 15 heavy (non-hydrogen) atoms. The fourth-order valence-electron chi connectivity index (χ4n) is 1.23. The zero-order valence-electron chi connectivity index (χ0n) is 9.16. The van der Waals surface area contributed by atoms with Gasteiger partial charge in [-0.2, -0.15) is 0 Å². The first kappa shape index (κ1) is 12.3. The third-order valence-electron chi connectivity index (χ3n) is 2.62. The molecule has 0 heterocycles. The SMILES string of the molecule is CCC(O)(CC)COc1cccc(Cl)c1. The molecular weight excluding hydrogens is 212 g/mol. The summed E-state index contributed by atoms with van der Waals surface area (Å²) in [6.45, 7) is 4.20. The second kappa shape index (κ2) is 5.38. The average molecular weight is 229 g/mol. The van der Waals surface area contributed by atoms with Gasteiger partial charge in [-0.25, -0.2) is 0 Å². The van der Waals surface area contributed by atoms with E-state index in [4.69, 9.17) is 16.3 Å². The maximum Gasteiger partial charge on any atom is 0.120 e. The fourth-order valence-corrected chi connectivity index (χ4v) is 1.41. The van der Waals surface area contributed by atoms with Crippen LogP contribution in [0.25, 0.3) is 0 Å². The molecule has 2 nitrogen and oxygen atoms in total. The number of hydrogen-bond acceptors (Lipinski definition) is 2. The van der Waals surface area contributed by atoms with Crippen LogP contribution in [-0.4, -0.2) is 17.3 Å². The first-order valence-corrected chi connectivity index (χ1v) is 5.58. The second-order valence-corrected chi connectivity index (χ2v) is 4.11. The minimum Gasteiger partial charge on any atom is -0.491 e. The van der Waals surface area contributed by atoms with Crippen molar-refractivity contribution >= 4 is 11.6 Å². The van der Waals surface area contributed by atoms with Crippen LogP contribution in [0.15, 0.2) is 24.3 Å². The van der Waals surface area contributed by atoms with E-state index < -0.39 is 5.60 Å². The predicted molar refractivity (Wildman–Crippen MR) is 62.5 cm³/mol.